The highest BCUT2D eigenvalue weighted by Gasteiger charge is 2.33. The van der Waals surface area contributed by atoms with Gasteiger partial charge in [-0.2, -0.15) is 0 Å². The maximum atomic E-state index is 3.77. The summed E-state index contributed by atoms with van der Waals surface area (Å²) >= 11 is 0. The van der Waals surface area contributed by atoms with Crippen molar-refractivity contribution in [2.45, 2.75) is 38.6 Å². The van der Waals surface area contributed by atoms with E-state index in [0.29, 0.717) is 12.0 Å². The van der Waals surface area contributed by atoms with Gasteiger partial charge in [0.1, 0.15) is 0 Å². The molecule has 0 aliphatic heterocycles. The summed E-state index contributed by atoms with van der Waals surface area (Å²) in [6.45, 7) is 5.54. The van der Waals surface area contributed by atoms with Gasteiger partial charge in [0.05, 0.1) is 0 Å². The Morgan fingerprint density at radius 3 is 2.60 bits per heavy atom. The van der Waals surface area contributed by atoms with Crippen LogP contribution in [0.25, 0.3) is 0 Å². The van der Waals surface area contributed by atoms with E-state index in [1.54, 1.807) is 0 Å². The zero-order valence-corrected chi connectivity index (χ0v) is 12.4. The lowest BCUT2D eigenvalue weighted by Gasteiger charge is -2.38. The summed E-state index contributed by atoms with van der Waals surface area (Å²) in [6.07, 6.45) is 2.38. The molecule has 1 aliphatic rings. The molecule has 0 saturated carbocycles. The molecule has 1 N–H and O–H groups in total. The molecule has 2 aromatic rings. The van der Waals surface area contributed by atoms with Gasteiger partial charge in [0.15, 0.2) is 0 Å². The van der Waals surface area contributed by atoms with Gasteiger partial charge in [-0.25, -0.2) is 0 Å². The average Bonchev–Trinajstić information content (AvgIpc) is 2.45. The smallest absolute Gasteiger partial charge is 0.0395 e. The molecule has 2 unspecified atom stereocenters. The molecule has 0 bridgehead atoms. The van der Waals surface area contributed by atoms with Crippen LogP contribution in [0.3, 0.4) is 0 Å². The van der Waals surface area contributed by atoms with Gasteiger partial charge in [-0.1, -0.05) is 55.5 Å². The molecule has 2 aromatic carbocycles. The topological polar surface area (TPSA) is 12.0 Å². The van der Waals surface area contributed by atoms with Crippen LogP contribution in [0.1, 0.15) is 47.6 Å². The Balaban J connectivity index is 1.91. The molecule has 3 rings (SSSR count). The lowest BCUT2D eigenvalue weighted by atomic mass is 9.71. The van der Waals surface area contributed by atoms with Gasteiger partial charge in [0.2, 0.25) is 0 Å². The van der Waals surface area contributed by atoms with Crippen LogP contribution in [0, 0.1) is 6.92 Å². The summed E-state index contributed by atoms with van der Waals surface area (Å²) < 4.78 is 0. The SMILES string of the molecule is CCCNC(c1ccccc1C)C1Cc2ccccc21. The minimum atomic E-state index is 0.450. The van der Waals surface area contributed by atoms with Crippen LogP contribution in [-0.4, -0.2) is 6.54 Å². The second-order valence-corrected chi connectivity index (χ2v) is 5.80. The molecule has 1 heteroatoms. The summed E-state index contributed by atoms with van der Waals surface area (Å²) in [5.41, 5.74) is 5.91. The van der Waals surface area contributed by atoms with Crippen molar-refractivity contribution in [2.75, 3.05) is 6.54 Å². The predicted octanol–water partition coefficient (Wildman–Crippen LogP) is 4.38. The van der Waals surface area contributed by atoms with Crippen LogP contribution in [0.5, 0.6) is 0 Å². The lowest BCUT2D eigenvalue weighted by molar-refractivity contribution is 0.410. The average molecular weight is 265 g/mol. The molecule has 1 aliphatic carbocycles. The van der Waals surface area contributed by atoms with Crippen molar-refractivity contribution in [1.82, 2.24) is 5.32 Å². The molecule has 1 nitrogen and oxygen atoms in total. The van der Waals surface area contributed by atoms with E-state index in [0.717, 1.165) is 6.54 Å². The van der Waals surface area contributed by atoms with Gasteiger partial charge >= 0.3 is 0 Å². The third-order valence-electron chi connectivity index (χ3n) is 4.43. The van der Waals surface area contributed by atoms with Crippen LogP contribution < -0.4 is 5.32 Å². The van der Waals surface area contributed by atoms with E-state index in [2.05, 4.69) is 67.7 Å². The molecule has 2 atom stereocenters. The number of fused-ring (bicyclic) bond motifs is 1. The third-order valence-corrected chi connectivity index (χ3v) is 4.43. The number of hydrogen-bond acceptors (Lipinski definition) is 1. The van der Waals surface area contributed by atoms with Crippen molar-refractivity contribution in [3.63, 3.8) is 0 Å². The van der Waals surface area contributed by atoms with Gasteiger partial charge < -0.3 is 5.32 Å². The first kappa shape index (κ1) is 13.4. The number of aryl methyl sites for hydroxylation is 1. The summed E-state index contributed by atoms with van der Waals surface area (Å²) in [5.74, 6) is 0.624. The highest BCUT2D eigenvalue weighted by Crippen LogP contribution is 2.44. The molecular weight excluding hydrogens is 242 g/mol. The molecule has 0 amide bonds. The molecule has 0 heterocycles. The van der Waals surface area contributed by atoms with Crippen molar-refractivity contribution in [1.29, 1.82) is 0 Å². The lowest BCUT2D eigenvalue weighted by Crippen LogP contribution is -2.34. The number of hydrogen-bond donors (Lipinski definition) is 1. The summed E-state index contributed by atoms with van der Waals surface area (Å²) in [6, 6.07) is 18.1. The molecular formula is C19H23N. The summed E-state index contributed by atoms with van der Waals surface area (Å²) in [4.78, 5) is 0. The Bertz CT molecular complexity index is 588. The van der Waals surface area contributed by atoms with Gasteiger partial charge in [-0.3, -0.25) is 0 Å². The fraction of sp³-hybridized carbons (Fsp3) is 0.368. The molecule has 0 aromatic heterocycles. The normalized spacial score (nSPS) is 18.2. The van der Waals surface area contributed by atoms with Crippen LogP contribution in [0.2, 0.25) is 0 Å². The molecule has 0 saturated heterocycles. The van der Waals surface area contributed by atoms with Gasteiger partial charge in [-0.15, -0.1) is 0 Å². The fourth-order valence-electron chi connectivity index (χ4n) is 3.30. The van der Waals surface area contributed by atoms with Crippen LogP contribution in [0.4, 0.5) is 0 Å². The standard InChI is InChI=1S/C19H23N/c1-3-12-20-19(16-10-6-4-8-14(16)2)18-13-15-9-5-7-11-17(15)18/h4-11,18-20H,3,12-13H2,1-2H3. The van der Waals surface area contributed by atoms with Gasteiger partial charge in [0, 0.05) is 12.0 Å². The minimum Gasteiger partial charge on any atom is -0.309 e. The molecule has 20 heavy (non-hydrogen) atoms. The first-order valence-electron chi connectivity index (χ1n) is 7.68. The maximum absolute atomic E-state index is 3.77. The zero-order valence-electron chi connectivity index (χ0n) is 12.4. The third kappa shape index (κ3) is 2.38. The fourth-order valence-corrected chi connectivity index (χ4v) is 3.30. The van der Waals surface area contributed by atoms with Crippen molar-refractivity contribution >= 4 is 0 Å². The Morgan fingerprint density at radius 2 is 1.85 bits per heavy atom. The summed E-state index contributed by atoms with van der Waals surface area (Å²) in [7, 11) is 0. The van der Waals surface area contributed by atoms with E-state index in [1.807, 2.05) is 0 Å². The Morgan fingerprint density at radius 1 is 1.10 bits per heavy atom. The van der Waals surface area contributed by atoms with E-state index in [9.17, 15) is 0 Å². The number of benzene rings is 2. The molecule has 104 valence electrons. The minimum absolute atomic E-state index is 0.450. The van der Waals surface area contributed by atoms with Gasteiger partial charge in [0.25, 0.3) is 0 Å². The second kappa shape index (κ2) is 5.80. The quantitative estimate of drug-likeness (QED) is 0.846. The van der Waals surface area contributed by atoms with Gasteiger partial charge in [-0.05, 0) is 48.6 Å². The molecule has 0 radical (unpaired) electrons. The number of nitrogens with one attached hydrogen (secondary N) is 1. The Kier molecular flexibility index (Phi) is 3.88. The largest absolute Gasteiger partial charge is 0.309 e. The second-order valence-electron chi connectivity index (χ2n) is 5.80. The van der Waals surface area contributed by atoms with E-state index < -0.39 is 0 Å². The van der Waals surface area contributed by atoms with Crippen LogP contribution in [0.15, 0.2) is 48.5 Å². The van der Waals surface area contributed by atoms with E-state index in [-0.39, 0.29) is 0 Å². The van der Waals surface area contributed by atoms with Crippen molar-refractivity contribution in [2.24, 2.45) is 0 Å². The zero-order chi connectivity index (χ0) is 13.9. The first-order chi connectivity index (χ1) is 9.81. The number of rotatable bonds is 5. The first-order valence-corrected chi connectivity index (χ1v) is 7.68. The van der Waals surface area contributed by atoms with E-state index >= 15 is 0 Å². The Labute approximate surface area is 122 Å². The van der Waals surface area contributed by atoms with Crippen molar-refractivity contribution < 1.29 is 0 Å². The monoisotopic (exact) mass is 265 g/mol. The highest BCUT2D eigenvalue weighted by atomic mass is 14.9. The van der Waals surface area contributed by atoms with E-state index in [1.165, 1.54) is 35.1 Å². The van der Waals surface area contributed by atoms with Crippen molar-refractivity contribution in [3.05, 3.63) is 70.8 Å². The van der Waals surface area contributed by atoms with E-state index in [4.69, 9.17) is 0 Å². The highest BCUT2D eigenvalue weighted by molar-refractivity contribution is 5.44. The molecule has 0 fully saturated rings. The van der Waals surface area contributed by atoms with Crippen LogP contribution >= 0.6 is 0 Å². The predicted molar refractivity (Wildman–Crippen MR) is 85.1 cm³/mol. The van der Waals surface area contributed by atoms with Crippen LogP contribution in [-0.2, 0) is 6.42 Å². The van der Waals surface area contributed by atoms with Crippen molar-refractivity contribution in [3.8, 4) is 0 Å². The molecule has 0 spiro atoms. The summed E-state index contributed by atoms with van der Waals surface area (Å²) in [5, 5.41) is 3.77. The Hall–Kier alpha value is -1.60. The maximum Gasteiger partial charge on any atom is 0.0395 e.